The molecule has 108 valence electrons. The average molecular weight is 292 g/mol. The fourth-order valence-corrected chi connectivity index (χ4v) is 2.71. The van der Waals surface area contributed by atoms with E-state index in [1.165, 1.54) is 4.88 Å². The lowest BCUT2D eigenvalue weighted by Gasteiger charge is -2.06. The van der Waals surface area contributed by atoms with Crippen LogP contribution in [0.25, 0.3) is 10.6 Å². The number of nitrogens with zero attached hydrogens (tertiary/aromatic N) is 1. The van der Waals surface area contributed by atoms with Gasteiger partial charge in [0.05, 0.1) is 14.2 Å². The molecule has 0 aliphatic rings. The highest BCUT2D eigenvalue weighted by Gasteiger charge is 2.08. The predicted octanol–water partition coefficient (Wildman–Crippen LogP) is 3.33. The van der Waals surface area contributed by atoms with Crippen molar-refractivity contribution in [3.05, 3.63) is 29.3 Å². The molecule has 1 heterocycles. The average Bonchev–Trinajstić information content (AvgIpc) is 2.96. The van der Waals surface area contributed by atoms with E-state index in [-0.39, 0.29) is 0 Å². The zero-order valence-electron chi connectivity index (χ0n) is 12.1. The van der Waals surface area contributed by atoms with Gasteiger partial charge >= 0.3 is 0 Å². The highest BCUT2D eigenvalue weighted by molar-refractivity contribution is 7.15. The van der Waals surface area contributed by atoms with Gasteiger partial charge in [0, 0.05) is 29.2 Å². The third kappa shape index (κ3) is 3.71. The van der Waals surface area contributed by atoms with Crippen LogP contribution in [0.5, 0.6) is 11.5 Å². The van der Waals surface area contributed by atoms with Crippen molar-refractivity contribution in [3.63, 3.8) is 0 Å². The molecule has 1 aromatic heterocycles. The summed E-state index contributed by atoms with van der Waals surface area (Å²) in [5.41, 5.74) is 1.02. The van der Waals surface area contributed by atoms with E-state index in [0.29, 0.717) is 0 Å². The first kappa shape index (κ1) is 14.8. The summed E-state index contributed by atoms with van der Waals surface area (Å²) in [7, 11) is 3.31. The van der Waals surface area contributed by atoms with Crippen molar-refractivity contribution >= 4 is 11.3 Å². The maximum atomic E-state index is 5.29. The smallest absolute Gasteiger partial charge is 0.123 e. The van der Waals surface area contributed by atoms with Gasteiger partial charge in [-0.1, -0.05) is 6.92 Å². The molecule has 0 spiro atoms. The molecule has 0 atom stereocenters. The minimum Gasteiger partial charge on any atom is -0.497 e. The molecule has 0 unspecified atom stereocenters. The molecule has 5 heteroatoms. The molecule has 0 aliphatic carbocycles. The predicted molar refractivity (Wildman–Crippen MR) is 82.7 cm³/mol. The number of thiazole rings is 1. The summed E-state index contributed by atoms with van der Waals surface area (Å²) in [6.45, 7) is 4.06. The molecule has 0 amide bonds. The minimum absolute atomic E-state index is 0.778. The van der Waals surface area contributed by atoms with Crippen LogP contribution in [0, 0.1) is 0 Å². The van der Waals surface area contributed by atoms with Gasteiger partial charge in [-0.15, -0.1) is 11.3 Å². The highest BCUT2D eigenvalue weighted by Crippen LogP contribution is 2.32. The van der Waals surface area contributed by atoms with E-state index < -0.39 is 0 Å². The molecule has 0 saturated carbocycles. The Morgan fingerprint density at radius 1 is 1.15 bits per heavy atom. The fourth-order valence-electron chi connectivity index (χ4n) is 1.84. The molecule has 0 aliphatic heterocycles. The second kappa shape index (κ2) is 7.26. The number of rotatable bonds is 7. The van der Waals surface area contributed by atoms with E-state index in [1.54, 1.807) is 25.6 Å². The summed E-state index contributed by atoms with van der Waals surface area (Å²) < 4.78 is 10.6. The minimum atomic E-state index is 0.778. The molecular weight excluding hydrogens is 272 g/mol. The lowest BCUT2D eigenvalue weighted by Crippen LogP contribution is -2.12. The Hall–Kier alpha value is -1.59. The van der Waals surface area contributed by atoms with Crippen molar-refractivity contribution < 1.29 is 9.47 Å². The molecule has 0 fully saturated rings. The largest absolute Gasteiger partial charge is 0.497 e. The van der Waals surface area contributed by atoms with Crippen LogP contribution in [0.15, 0.2) is 24.4 Å². The highest BCUT2D eigenvalue weighted by atomic mass is 32.1. The van der Waals surface area contributed by atoms with E-state index in [2.05, 4.69) is 17.2 Å². The Kier molecular flexibility index (Phi) is 5.38. The zero-order valence-corrected chi connectivity index (χ0v) is 12.9. The maximum absolute atomic E-state index is 5.29. The molecular formula is C15H20N2O2S. The fraction of sp³-hybridized carbons (Fsp3) is 0.400. The quantitative estimate of drug-likeness (QED) is 0.795. The molecule has 0 radical (unpaired) electrons. The first-order valence-electron chi connectivity index (χ1n) is 6.65. The van der Waals surface area contributed by atoms with Crippen LogP contribution < -0.4 is 14.8 Å². The molecule has 0 bridgehead atoms. The number of aromatic nitrogens is 1. The van der Waals surface area contributed by atoms with Crippen molar-refractivity contribution in [1.29, 1.82) is 0 Å². The Bertz CT molecular complexity index is 532. The molecule has 2 aromatic rings. The van der Waals surface area contributed by atoms with Crippen LogP contribution >= 0.6 is 11.3 Å². The van der Waals surface area contributed by atoms with Gasteiger partial charge in [-0.25, -0.2) is 4.98 Å². The Morgan fingerprint density at radius 2 is 1.85 bits per heavy atom. The van der Waals surface area contributed by atoms with Gasteiger partial charge in [0.2, 0.25) is 0 Å². The Morgan fingerprint density at radius 3 is 2.45 bits per heavy atom. The number of nitrogens with one attached hydrogen (secondary N) is 1. The van der Waals surface area contributed by atoms with E-state index in [0.717, 1.165) is 41.6 Å². The zero-order chi connectivity index (χ0) is 14.4. The van der Waals surface area contributed by atoms with E-state index >= 15 is 0 Å². The van der Waals surface area contributed by atoms with Gasteiger partial charge < -0.3 is 14.8 Å². The number of ether oxygens (including phenoxy) is 2. The summed E-state index contributed by atoms with van der Waals surface area (Å²) in [4.78, 5) is 5.72. The molecule has 0 saturated heterocycles. The van der Waals surface area contributed by atoms with Crippen LogP contribution in [-0.4, -0.2) is 25.7 Å². The third-order valence-corrected chi connectivity index (χ3v) is 3.92. The summed E-state index contributed by atoms with van der Waals surface area (Å²) in [6.07, 6.45) is 3.06. The molecule has 4 nitrogen and oxygen atoms in total. The van der Waals surface area contributed by atoms with Crippen molar-refractivity contribution in [3.8, 4) is 22.1 Å². The van der Waals surface area contributed by atoms with Crippen LogP contribution in [0.1, 0.15) is 18.2 Å². The van der Waals surface area contributed by atoms with Gasteiger partial charge in [0.1, 0.15) is 16.5 Å². The van der Waals surface area contributed by atoms with Crippen LogP contribution in [0.3, 0.4) is 0 Å². The monoisotopic (exact) mass is 292 g/mol. The molecule has 20 heavy (non-hydrogen) atoms. The van der Waals surface area contributed by atoms with Crippen molar-refractivity contribution in [2.24, 2.45) is 0 Å². The summed E-state index contributed by atoms with van der Waals surface area (Å²) >= 11 is 1.69. The van der Waals surface area contributed by atoms with Gasteiger partial charge in [0.15, 0.2) is 0 Å². The molecule has 1 N–H and O–H groups in total. The van der Waals surface area contributed by atoms with E-state index in [9.17, 15) is 0 Å². The first-order chi connectivity index (χ1) is 9.76. The van der Waals surface area contributed by atoms with Crippen molar-refractivity contribution in [2.45, 2.75) is 19.9 Å². The third-order valence-electron chi connectivity index (χ3n) is 2.88. The van der Waals surface area contributed by atoms with Gasteiger partial charge in [-0.2, -0.15) is 0 Å². The SMILES string of the molecule is CCCNCc1cnc(-c2cc(OC)cc(OC)c2)s1. The van der Waals surface area contributed by atoms with Gasteiger partial charge in [-0.05, 0) is 25.1 Å². The molecule has 2 rings (SSSR count). The van der Waals surface area contributed by atoms with Crippen molar-refractivity contribution in [2.75, 3.05) is 20.8 Å². The summed E-state index contributed by atoms with van der Waals surface area (Å²) in [5.74, 6) is 1.56. The standard InChI is InChI=1S/C15H20N2O2S/c1-4-5-16-9-14-10-17-15(20-14)11-6-12(18-2)8-13(7-11)19-3/h6-8,10,16H,4-5,9H2,1-3H3. The topological polar surface area (TPSA) is 43.4 Å². The first-order valence-corrected chi connectivity index (χ1v) is 7.47. The van der Waals surface area contributed by atoms with Gasteiger partial charge in [-0.3, -0.25) is 0 Å². The van der Waals surface area contributed by atoms with Crippen molar-refractivity contribution in [1.82, 2.24) is 10.3 Å². The summed E-state index contributed by atoms with van der Waals surface area (Å²) in [5, 5.41) is 4.36. The lowest BCUT2D eigenvalue weighted by molar-refractivity contribution is 0.394. The molecule has 1 aromatic carbocycles. The number of hydrogen-bond donors (Lipinski definition) is 1. The van der Waals surface area contributed by atoms with Gasteiger partial charge in [0.25, 0.3) is 0 Å². The number of benzene rings is 1. The number of hydrogen-bond acceptors (Lipinski definition) is 5. The van der Waals surface area contributed by atoms with E-state index in [1.807, 2.05) is 24.4 Å². The second-order valence-electron chi connectivity index (χ2n) is 4.41. The Labute approximate surface area is 123 Å². The van der Waals surface area contributed by atoms with Crippen LogP contribution in [0.4, 0.5) is 0 Å². The Balaban J connectivity index is 2.18. The van der Waals surface area contributed by atoms with Crippen LogP contribution in [0.2, 0.25) is 0 Å². The summed E-state index contributed by atoms with van der Waals surface area (Å²) in [6, 6.07) is 5.82. The second-order valence-corrected chi connectivity index (χ2v) is 5.53. The number of methoxy groups -OCH3 is 2. The van der Waals surface area contributed by atoms with Crippen LogP contribution in [-0.2, 0) is 6.54 Å². The van der Waals surface area contributed by atoms with E-state index in [4.69, 9.17) is 9.47 Å². The normalized spacial score (nSPS) is 10.6. The lowest BCUT2D eigenvalue weighted by atomic mass is 10.2. The maximum Gasteiger partial charge on any atom is 0.123 e.